The van der Waals surface area contributed by atoms with Gasteiger partial charge in [0.15, 0.2) is 0 Å². The van der Waals surface area contributed by atoms with Gasteiger partial charge >= 0.3 is 5.97 Å². The molecule has 1 atom stereocenters. The van der Waals surface area contributed by atoms with Gasteiger partial charge < -0.3 is 4.74 Å². The number of carbonyl (C=O) groups is 3. The van der Waals surface area contributed by atoms with Crippen LogP contribution in [0.25, 0.3) is 6.08 Å². The number of amides is 2. The SMILES string of the molecule is COC(=O)[C@H]1CCC(=O)N1C(=O)/C=C/c1ccccc1. The maximum absolute atomic E-state index is 12.1. The highest BCUT2D eigenvalue weighted by Gasteiger charge is 2.39. The second-order valence-corrected chi connectivity index (χ2v) is 4.42. The second-order valence-electron chi connectivity index (χ2n) is 4.42. The summed E-state index contributed by atoms with van der Waals surface area (Å²) in [4.78, 5) is 36.3. The number of likely N-dealkylation sites (tertiary alicyclic amines) is 1. The number of esters is 1. The Morgan fingerprint density at radius 3 is 2.65 bits per heavy atom. The zero-order chi connectivity index (χ0) is 14.5. The molecule has 1 fully saturated rings. The Bertz CT molecular complexity index is 550. The molecule has 0 bridgehead atoms. The van der Waals surface area contributed by atoms with Gasteiger partial charge in [0.2, 0.25) is 5.91 Å². The van der Waals surface area contributed by atoms with Crippen LogP contribution >= 0.6 is 0 Å². The largest absolute Gasteiger partial charge is 0.467 e. The van der Waals surface area contributed by atoms with E-state index >= 15 is 0 Å². The molecule has 0 saturated carbocycles. The minimum absolute atomic E-state index is 0.185. The van der Waals surface area contributed by atoms with E-state index in [0.717, 1.165) is 10.5 Å². The number of rotatable bonds is 3. The van der Waals surface area contributed by atoms with Gasteiger partial charge in [-0.3, -0.25) is 14.5 Å². The second kappa shape index (κ2) is 6.14. The first kappa shape index (κ1) is 14.0. The molecule has 0 aliphatic carbocycles. The molecule has 0 aromatic heterocycles. The van der Waals surface area contributed by atoms with Gasteiger partial charge in [0.25, 0.3) is 5.91 Å². The minimum Gasteiger partial charge on any atom is -0.467 e. The van der Waals surface area contributed by atoms with Crippen LogP contribution in [-0.2, 0) is 19.1 Å². The van der Waals surface area contributed by atoms with E-state index in [1.165, 1.54) is 13.2 Å². The van der Waals surface area contributed by atoms with Crippen LogP contribution in [0.3, 0.4) is 0 Å². The number of hydrogen-bond acceptors (Lipinski definition) is 4. The lowest BCUT2D eigenvalue weighted by Crippen LogP contribution is -2.42. The van der Waals surface area contributed by atoms with Gasteiger partial charge in [0, 0.05) is 12.5 Å². The van der Waals surface area contributed by atoms with Gasteiger partial charge in [0.1, 0.15) is 6.04 Å². The van der Waals surface area contributed by atoms with Crippen molar-refractivity contribution in [3.8, 4) is 0 Å². The molecule has 1 saturated heterocycles. The van der Waals surface area contributed by atoms with Gasteiger partial charge in [-0.25, -0.2) is 4.79 Å². The third-order valence-electron chi connectivity index (χ3n) is 3.14. The van der Waals surface area contributed by atoms with Gasteiger partial charge in [-0.2, -0.15) is 0 Å². The van der Waals surface area contributed by atoms with E-state index in [4.69, 9.17) is 0 Å². The predicted octanol–water partition coefficient (Wildman–Crippen LogP) is 1.39. The summed E-state index contributed by atoms with van der Waals surface area (Å²) in [7, 11) is 1.24. The Morgan fingerprint density at radius 1 is 1.30 bits per heavy atom. The van der Waals surface area contributed by atoms with E-state index in [1.807, 2.05) is 30.3 Å². The lowest BCUT2D eigenvalue weighted by Gasteiger charge is -2.19. The van der Waals surface area contributed by atoms with Crippen LogP contribution in [0, 0.1) is 0 Å². The maximum Gasteiger partial charge on any atom is 0.329 e. The molecule has 1 heterocycles. The summed E-state index contributed by atoms with van der Waals surface area (Å²) in [6, 6.07) is 8.45. The van der Waals surface area contributed by atoms with Crippen LogP contribution in [0.15, 0.2) is 36.4 Å². The monoisotopic (exact) mass is 273 g/mol. The normalized spacial score (nSPS) is 18.6. The summed E-state index contributed by atoms with van der Waals surface area (Å²) >= 11 is 0. The zero-order valence-electron chi connectivity index (χ0n) is 11.1. The Balaban J connectivity index is 2.12. The van der Waals surface area contributed by atoms with Gasteiger partial charge in [-0.15, -0.1) is 0 Å². The van der Waals surface area contributed by atoms with Crippen molar-refractivity contribution in [2.45, 2.75) is 18.9 Å². The molecule has 2 rings (SSSR count). The third kappa shape index (κ3) is 2.93. The Hall–Kier alpha value is -2.43. The highest BCUT2D eigenvalue weighted by molar-refractivity contribution is 6.07. The fourth-order valence-electron chi connectivity index (χ4n) is 2.13. The minimum atomic E-state index is -0.805. The van der Waals surface area contributed by atoms with Crippen molar-refractivity contribution in [2.24, 2.45) is 0 Å². The summed E-state index contributed by atoms with van der Waals surface area (Å²) in [5.74, 6) is -1.40. The fourth-order valence-corrected chi connectivity index (χ4v) is 2.13. The molecule has 0 radical (unpaired) electrons. The molecule has 0 spiro atoms. The van der Waals surface area contributed by atoms with E-state index in [-0.39, 0.29) is 12.3 Å². The maximum atomic E-state index is 12.1. The van der Waals surface area contributed by atoms with Gasteiger partial charge in [-0.05, 0) is 18.1 Å². The highest BCUT2D eigenvalue weighted by atomic mass is 16.5. The van der Waals surface area contributed by atoms with Crippen molar-refractivity contribution < 1.29 is 19.1 Å². The topological polar surface area (TPSA) is 63.7 Å². The Labute approximate surface area is 116 Å². The molecule has 1 aromatic rings. The Kier molecular flexibility index (Phi) is 4.30. The van der Waals surface area contributed by atoms with E-state index in [2.05, 4.69) is 4.74 Å². The molecule has 1 aliphatic heterocycles. The molecule has 0 N–H and O–H groups in total. The van der Waals surface area contributed by atoms with Crippen LogP contribution in [0.4, 0.5) is 0 Å². The summed E-state index contributed by atoms with van der Waals surface area (Å²) in [6.45, 7) is 0. The molecule has 5 nitrogen and oxygen atoms in total. The first-order valence-electron chi connectivity index (χ1n) is 6.30. The number of carbonyl (C=O) groups excluding carboxylic acids is 3. The highest BCUT2D eigenvalue weighted by Crippen LogP contribution is 2.20. The Morgan fingerprint density at radius 2 is 2.00 bits per heavy atom. The molecule has 2 amide bonds. The molecule has 104 valence electrons. The lowest BCUT2D eigenvalue weighted by molar-refractivity contribution is -0.154. The summed E-state index contributed by atoms with van der Waals surface area (Å²) in [5.41, 5.74) is 0.849. The van der Waals surface area contributed by atoms with E-state index < -0.39 is 17.9 Å². The first-order chi connectivity index (χ1) is 9.63. The van der Waals surface area contributed by atoms with Crippen molar-refractivity contribution in [3.05, 3.63) is 42.0 Å². The third-order valence-corrected chi connectivity index (χ3v) is 3.14. The average molecular weight is 273 g/mol. The summed E-state index contributed by atoms with van der Waals surface area (Å²) < 4.78 is 4.62. The predicted molar refractivity (Wildman–Crippen MR) is 72.4 cm³/mol. The van der Waals surface area contributed by atoms with Crippen molar-refractivity contribution in [1.29, 1.82) is 0 Å². The average Bonchev–Trinajstić information content (AvgIpc) is 2.87. The van der Waals surface area contributed by atoms with Crippen LogP contribution in [0.5, 0.6) is 0 Å². The van der Waals surface area contributed by atoms with Crippen LogP contribution in [-0.4, -0.2) is 35.8 Å². The van der Waals surface area contributed by atoms with E-state index in [0.29, 0.717) is 6.42 Å². The molecule has 0 unspecified atom stereocenters. The zero-order valence-corrected chi connectivity index (χ0v) is 11.1. The standard InChI is InChI=1S/C15H15NO4/c1-20-15(19)12-8-10-14(18)16(12)13(17)9-7-11-5-3-2-4-6-11/h2-7,9,12H,8,10H2,1H3/b9-7+/t12-/m1/s1. The van der Waals surface area contributed by atoms with Gasteiger partial charge in [-0.1, -0.05) is 30.3 Å². The van der Waals surface area contributed by atoms with Crippen LogP contribution in [0.1, 0.15) is 18.4 Å². The number of imide groups is 1. The van der Waals surface area contributed by atoms with Crippen molar-refractivity contribution in [1.82, 2.24) is 4.90 Å². The number of methoxy groups -OCH3 is 1. The van der Waals surface area contributed by atoms with Crippen molar-refractivity contribution in [2.75, 3.05) is 7.11 Å². The van der Waals surface area contributed by atoms with Crippen molar-refractivity contribution in [3.63, 3.8) is 0 Å². The molecule has 20 heavy (non-hydrogen) atoms. The van der Waals surface area contributed by atoms with Crippen molar-refractivity contribution >= 4 is 23.9 Å². The number of benzene rings is 1. The molecular formula is C15H15NO4. The van der Waals surface area contributed by atoms with Gasteiger partial charge in [0.05, 0.1) is 7.11 Å². The van der Waals surface area contributed by atoms with Crippen LogP contribution in [0.2, 0.25) is 0 Å². The summed E-state index contributed by atoms with van der Waals surface area (Å²) in [6.07, 6.45) is 3.41. The number of ether oxygens (including phenoxy) is 1. The quantitative estimate of drug-likeness (QED) is 0.616. The van der Waals surface area contributed by atoms with E-state index in [1.54, 1.807) is 6.08 Å². The fraction of sp³-hybridized carbons (Fsp3) is 0.267. The number of hydrogen-bond donors (Lipinski definition) is 0. The molecule has 1 aromatic carbocycles. The molecule has 5 heteroatoms. The first-order valence-corrected chi connectivity index (χ1v) is 6.30. The van der Waals surface area contributed by atoms with Crippen LogP contribution < -0.4 is 0 Å². The molecule has 1 aliphatic rings. The smallest absolute Gasteiger partial charge is 0.329 e. The number of nitrogens with zero attached hydrogens (tertiary/aromatic N) is 1. The van der Waals surface area contributed by atoms with E-state index in [9.17, 15) is 14.4 Å². The lowest BCUT2D eigenvalue weighted by atomic mass is 10.2. The summed E-state index contributed by atoms with van der Waals surface area (Å²) in [5, 5.41) is 0. The molecular weight excluding hydrogens is 258 g/mol.